The zero-order valence-electron chi connectivity index (χ0n) is 14.5. The molecule has 24 heavy (non-hydrogen) atoms. The van der Waals surface area contributed by atoms with Crippen LogP contribution in [0.4, 0.5) is 0 Å². The third kappa shape index (κ3) is 6.02. The highest BCUT2D eigenvalue weighted by atomic mass is 31.2. The standard InChI is InChI=1S/C18H32NO4P/c19-17(12-15-8-2-1-3-9-15)24(22,23)13-16(18(20)21)11-10-14-6-4-5-7-14/h11,14-15,17H,1-10,12-13,19H2,(H,20,21)(H,22,23)/b16-11+. The van der Waals surface area contributed by atoms with Crippen molar-refractivity contribution in [2.24, 2.45) is 17.6 Å². The van der Waals surface area contributed by atoms with Gasteiger partial charge in [0.2, 0.25) is 7.37 Å². The van der Waals surface area contributed by atoms with Gasteiger partial charge in [0, 0.05) is 5.57 Å². The van der Waals surface area contributed by atoms with Crippen LogP contribution in [-0.2, 0) is 9.36 Å². The fourth-order valence-corrected chi connectivity index (χ4v) is 5.68. The number of hydrogen-bond donors (Lipinski definition) is 3. The molecule has 0 aromatic heterocycles. The van der Waals surface area contributed by atoms with Crippen molar-refractivity contribution in [3.8, 4) is 0 Å². The lowest BCUT2D eigenvalue weighted by Crippen LogP contribution is -2.27. The zero-order valence-corrected chi connectivity index (χ0v) is 15.4. The van der Waals surface area contributed by atoms with Crippen LogP contribution in [-0.4, -0.2) is 27.9 Å². The summed E-state index contributed by atoms with van der Waals surface area (Å²) in [6, 6.07) is 0. The van der Waals surface area contributed by atoms with Crippen LogP contribution in [0.25, 0.3) is 0 Å². The second-order valence-corrected chi connectivity index (χ2v) is 10.1. The predicted molar refractivity (Wildman–Crippen MR) is 96.2 cm³/mol. The van der Waals surface area contributed by atoms with Gasteiger partial charge in [0.1, 0.15) is 0 Å². The fraction of sp³-hybridized carbons (Fsp3) is 0.833. The second kappa shape index (κ2) is 9.17. The maximum absolute atomic E-state index is 12.6. The predicted octanol–water partition coefficient (Wildman–Crippen LogP) is 4.10. The van der Waals surface area contributed by atoms with E-state index in [1.165, 1.54) is 19.3 Å². The molecule has 0 aromatic rings. The minimum Gasteiger partial charge on any atom is -0.478 e. The monoisotopic (exact) mass is 357 g/mol. The number of allylic oxidation sites excluding steroid dienone is 1. The molecule has 5 nitrogen and oxygen atoms in total. The van der Waals surface area contributed by atoms with Gasteiger partial charge in [-0.15, -0.1) is 0 Å². The van der Waals surface area contributed by atoms with Crippen molar-refractivity contribution < 1.29 is 19.4 Å². The highest BCUT2D eigenvalue weighted by Crippen LogP contribution is 2.49. The van der Waals surface area contributed by atoms with E-state index in [2.05, 4.69) is 0 Å². The number of rotatable bonds is 8. The molecule has 4 N–H and O–H groups in total. The molecule has 2 rings (SSSR count). The fourth-order valence-electron chi connectivity index (χ4n) is 4.06. The van der Waals surface area contributed by atoms with Crippen LogP contribution >= 0.6 is 7.37 Å². The first kappa shape index (κ1) is 19.7. The molecular weight excluding hydrogens is 325 g/mol. The van der Waals surface area contributed by atoms with Gasteiger partial charge in [-0.2, -0.15) is 0 Å². The molecular formula is C18H32NO4P. The smallest absolute Gasteiger partial charge is 0.331 e. The molecule has 2 unspecified atom stereocenters. The van der Waals surface area contributed by atoms with Gasteiger partial charge in [-0.3, -0.25) is 4.57 Å². The summed E-state index contributed by atoms with van der Waals surface area (Å²) >= 11 is 0. The van der Waals surface area contributed by atoms with Gasteiger partial charge in [0.25, 0.3) is 0 Å². The van der Waals surface area contributed by atoms with E-state index < -0.39 is 19.1 Å². The van der Waals surface area contributed by atoms with Crippen LogP contribution in [0.5, 0.6) is 0 Å². The van der Waals surface area contributed by atoms with Crippen molar-refractivity contribution in [2.45, 2.75) is 76.4 Å². The van der Waals surface area contributed by atoms with Crippen LogP contribution in [0.3, 0.4) is 0 Å². The Hall–Kier alpha value is -0.640. The highest BCUT2D eigenvalue weighted by molar-refractivity contribution is 7.59. The summed E-state index contributed by atoms with van der Waals surface area (Å²) in [4.78, 5) is 21.8. The number of carboxylic acids is 1. The molecule has 2 atom stereocenters. The van der Waals surface area contributed by atoms with Crippen molar-refractivity contribution in [1.82, 2.24) is 0 Å². The molecule has 0 amide bonds. The van der Waals surface area contributed by atoms with Crippen LogP contribution in [0.15, 0.2) is 11.6 Å². The Morgan fingerprint density at radius 1 is 1.08 bits per heavy atom. The Labute approximate surface area is 145 Å². The van der Waals surface area contributed by atoms with Crippen LogP contribution in [0.1, 0.15) is 70.6 Å². The number of hydrogen-bond acceptors (Lipinski definition) is 3. The summed E-state index contributed by atoms with van der Waals surface area (Å²) in [6.07, 6.45) is 12.9. The molecule has 0 radical (unpaired) electrons. The van der Waals surface area contributed by atoms with Crippen molar-refractivity contribution in [3.63, 3.8) is 0 Å². The second-order valence-electron chi connectivity index (χ2n) is 7.64. The molecule has 0 aromatic carbocycles. The van der Waals surface area contributed by atoms with Gasteiger partial charge in [-0.05, 0) is 24.7 Å². The van der Waals surface area contributed by atoms with Gasteiger partial charge in [-0.1, -0.05) is 63.9 Å². The Kier molecular flexibility index (Phi) is 7.52. The van der Waals surface area contributed by atoms with Crippen LogP contribution < -0.4 is 5.73 Å². The van der Waals surface area contributed by atoms with Gasteiger partial charge < -0.3 is 15.7 Å². The highest BCUT2D eigenvalue weighted by Gasteiger charge is 2.33. The van der Waals surface area contributed by atoms with Gasteiger partial charge in [-0.25, -0.2) is 4.79 Å². The molecule has 2 aliphatic rings. The Balaban J connectivity index is 1.93. The first-order valence-corrected chi connectivity index (χ1v) is 11.3. The summed E-state index contributed by atoms with van der Waals surface area (Å²) in [5.41, 5.74) is 6.08. The number of aliphatic carboxylic acids is 1. The average Bonchev–Trinajstić information content (AvgIpc) is 3.05. The number of carbonyl (C=O) groups is 1. The van der Waals surface area contributed by atoms with E-state index in [1.807, 2.05) is 0 Å². The van der Waals surface area contributed by atoms with E-state index in [9.17, 15) is 19.4 Å². The van der Waals surface area contributed by atoms with Crippen molar-refractivity contribution in [1.29, 1.82) is 0 Å². The largest absolute Gasteiger partial charge is 0.478 e. The molecule has 0 spiro atoms. The summed E-state index contributed by atoms with van der Waals surface area (Å²) in [7, 11) is -3.69. The summed E-state index contributed by atoms with van der Waals surface area (Å²) in [6.45, 7) is 0. The molecule has 0 saturated heterocycles. The minimum absolute atomic E-state index is 0.0619. The van der Waals surface area contributed by atoms with Crippen molar-refractivity contribution in [2.75, 3.05) is 6.16 Å². The molecule has 2 saturated carbocycles. The number of carboxylic acid groups (broad SMARTS) is 1. The van der Waals surface area contributed by atoms with E-state index in [1.54, 1.807) is 6.08 Å². The lowest BCUT2D eigenvalue weighted by molar-refractivity contribution is -0.132. The Morgan fingerprint density at radius 2 is 1.62 bits per heavy atom. The maximum Gasteiger partial charge on any atom is 0.331 e. The van der Waals surface area contributed by atoms with Gasteiger partial charge >= 0.3 is 5.97 Å². The molecule has 138 valence electrons. The number of nitrogens with two attached hydrogens (primary N) is 1. The van der Waals surface area contributed by atoms with Gasteiger partial charge in [0.05, 0.1) is 11.9 Å². The molecule has 2 aliphatic carbocycles. The molecule has 2 fully saturated rings. The maximum atomic E-state index is 12.6. The van der Waals surface area contributed by atoms with Crippen molar-refractivity contribution in [3.05, 3.63) is 11.6 Å². The molecule has 0 heterocycles. The summed E-state index contributed by atoms with van der Waals surface area (Å²) in [5, 5.41) is 9.37. The van der Waals surface area contributed by atoms with Crippen LogP contribution in [0, 0.1) is 11.8 Å². The Bertz CT molecular complexity index is 493. The SMILES string of the molecule is NC(CC1CCCCC1)P(=O)(O)C/C(=C\CC1CCCC1)C(=O)O. The third-order valence-corrected chi connectivity index (χ3v) is 7.70. The first-order chi connectivity index (χ1) is 11.4. The lowest BCUT2D eigenvalue weighted by Gasteiger charge is -2.27. The zero-order chi connectivity index (χ0) is 17.6. The quantitative estimate of drug-likeness (QED) is 0.448. The van der Waals surface area contributed by atoms with E-state index in [4.69, 9.17) is 5.73 Å². The van der Waals surface area contributed by atoms with Crippen LogP contribution in [0.2, 0.25) is 0 Å². The van der Waals surface area contributed by atoms with Crippen molar-refractivity contribution >= 4 is 13.3 Å². The third-order valence-electron chi connectivity index (χ3n) is 5.66. The van der Waals surface area contributed by atoms with E-state index in [0.717, 1.165) is 38.5 Å². The first-order valence-electron chi connectivity index (χ1n) is 9.38. The van der Waals surface area contributed by atoms with E-state index in [-0.39, 0.29) is 11.7 Å². The molecule has 0 bridgehead atoms. The Morgan fingerprint density at radius 3 is 2.21 bits per heavy atom. The van der Waals surface area contributed by atoms with E-state index >= 15 is 0 Å². The minimum atomic E-state index is -3.69. The average molecular weight is 357 g/mol. The topological polar surface area (TPSA) is 101 Å². The molecule has 6 heteroatoms. The van der Waals surface area contributed by atoms with E-state index in [0.29, 0.717) is 24.7 Å². The lowest BCUT2D eigenvalue weighted by atomic mass is 9.87. The summed E-state index contributed by atoms with van der Waals surface area (Å²) < 4.78 is 12.6. The summed E-state index contributed by atoms with van der Waals surface area (Å²) in [5.74, 6) is -0.972. The molecule has 0 aliphatic heterocycles. The normalized spacial score (nSPS) is 24.7. The van der Waals surface area contributed by atoms with Gasteiger partial charge in [0.15, 0.2) is 0 Å².